The molecule has 5 rings (SSSR count). The number of H-pyrrole nitrogens is 2. The van der Waals surface area contributed by atoms with E-state index in [1.807, 2.05) is 18.2 Å². The molecule has 0 unspecified atom stereocenters. The maximum absolute atomic E-state index is 12.9. The summed E-state index contributed by atoms with van der Waals surface area (Å²) in [6, 6.07) is 8.10. The summed E-state index contributed by atoms with van der Waals surface area (Å²) in [5, 5.41) is 8.97. The van der Waals surface area contributed by atoms with E-state index >= 15 is 0 Å². The summed E-state index contributed by atoms with van der Waals surface area (Å²) in [7, 11) is 1.77. The molecule has 7 nitrogen and oxygen atoms in total. The number of likely N-dealkylation sites (N-methyl/N-ethyl adjacent to an activating group) is 1. The molecular weight excluding hydrogens is 414 g/mol. The van der Waals surface area contributed by atoms with Gasteiger partial charge in [0, 0.05) is 47.9 Å². The van der Waals surface area contributed by atoms with Gasteiger partial charge >= 0.3 is 0 Å². The lowest BCUT2D eigenvalue weighted by atomic mass is 9.76. The number of carbonyl (C=O) groups is 2. The molecule has 0 atom stereocenters. The van der Waals surface area contributed by atoms with Gasteiger partial charge in [-0.2, -0.15) is 5.10 Å². The summed E-state index contributed by atoms with van der Waals surface area (Å²) in [5.74, 6) is -0.0342. The van der Waals surface area contributed by atoms with Crippen LogP contribution in [0.3, 0.4) is 0 Å². The van der Waals surface area contributed by atoms with Crippen LogP contribution in [0.5, 0.6) is 0 Å². The molecule has 0 radical (unpaired) electrons. The number of fused-ring (bicyclic) bond motifs is 2. The third kappa shape index (κ3) is 4.05. The van der Waals surface area contributed by atoms with E-state index in [1.54, 1.807) is 16.8 Å². The number of hydrogen-bond acceptors (Lipinski definition) is 3. The summed E-state index contributed by atoms with van der Waals surface area (Å²) in [5.41, 5.74) is 6.55. The number of anilines is 1. The Morgan fingerprint density at radius 2 is 1.94 bits per heavy atom. The van der Waals surface area contributed by atoms with Crippen molar-refractivity contribution in [3.63, 3.8) is 0 Å². The lowest BCUT2D eigenvalue weighted by Crippen LogP contribution is -2.39. The average Bonchev–Trinajstić information content (AvgIpc) is 3.40. The Kier molecular flexibility index (Phi) is 4.92. The van der Waals surface area contributed by atoms with Gasteiger partial charge in [-0.1, -0.05) is 33.8 Å². The van der Waals surface area contributed by atoms with Crippen LogP contribution in [0.2, 0.25) is 0 Å². The quantitative estimate of drug-likeness (QED) is 0.626. The third-order valence-electron chi connectivity index (χ3n) is 7.21. The van der Waals surface area contributed by atoms with Crippen molar-refractivity contribution in [1.29, 1.82) is 0 Å². The van der Waals surface area contributed by atoms with Crippen LogP contribution in [0.25, 0.3) is 22.3 Å². The predicted octanol–water partition coefficient (Wildman–Crippen LogP) is 4.29. The molecule has 2 aliphatic rings. The van der Waals surface area contributed by atoms with Gasteiger partial charge in [-0.15, -0.1) is 0 Å². The van der Waals surface area contributed by atoms with E-state index < -0.39 is 0 Å². The maximum Gasteiger partial charge on any atom is 0.246 e. The lowest BCUT2D eigenvalue weighted by Gasteiger charge is -2.28. The highest BCUT2D eigenvalue weighted by atomic mass is 16.2. The summed E-state index contributed by atoms with van der Waals surface area (Å²) >= 11 is 0. The largest absolute Gasteiger partial charge is 0.353 e. The number of likely N-dealkylation sites (tertiary alicyclic amines) is 1. The highest BCUT2D eigenvalue weighted by Crippen LogP contribution is 2.38. The number of nitrogens with one attached hydrogen (secondary N) is 2. The summed E-state index contributed by atoms with van der Waals surface area (Å²) in [6.07, 6.45) is 3.69. The van der Waals surface area contributed by atoms with Crippen molar-refractivity contribution in [2.24, 2.45) is 10.8 Å². The van der Waals surface area contributed by atoms with Gasteiger partial charge in [0.2, 0.25) is 11.8 Å². The van der Waals surface area contributed by atoms with E-state index in [0.29, 0.717) is 18.4 Å². The molecule has 0 saturated carbocycles. The minimum atomic E-state index is -0.0869. The van der Waals surface area contributed by atoms with Gasteiger partial charge in [-0.25, -0.2) is 0 Å². The summed E-state index contributed by atoms with van der Waals surface area (Å²) < 4.78 is 0. The molecular formula is C26H33N5O2. The Morgan fingerprint density at radius 1 is 1.15 bits per heavy atom. The van der Waals surface area contributed by atoms with Crippen molar-refractivity contribution in [3.8, 4) is 11.4 Å². The zero-order chi connectivity index (χ0) is 23.5. The zero-order valence-corrected chi connectivity index (χ0v) is 20.2. The Hall–Kier alpha value is -3.09. The SMILES string of the molecule is CN(C(=O)CN1CC(C)(C)CC1=O)c1ccc2cc(-c3n[nH]c4c3CCC(C)(C)C4)[nH]c2c1. The van der Waals surface area contributed by atoms with E-state index in [2.05, 4.69) is 48.9 Å². The molecule has 1 aliphatic carbocycles. The fourth-order valence-electron chi connectivity index (χ4n) is 5.26. The van der Waals surface area contributed by atoms with E-state index in [9.17, 15) is 9.59 Å². The molecule has 2 N–H and O–H groups in total. The molecule has 174 valence electrons. The highest BCUT2D eigenvalue weighted by Gasteiger charge is 2.37. The van der Waals surface area contributed by atoms with Crippen LogP contribution in [0, 0.1) is 10.8 Å². The highest BCUT2D eigenvalue weighted by molar-refractivity contribution is 5.99. The molecule has 1 fully saturated rings. The van der Waals surface area contributed by atoms with Gasteiger partial charge < -0.3 is 14.8 Å². The van der Waals surface area contributed by atoms with Crippen molar-refractivity contribution >= 4 is 28.4 Å². The first-order valence-electron chi connectivity index (χ1n) is 11.7. The first-order chi connectivity index (χ1) is 15.5. The number of benzene rings is 1. The molecule has 0 spiro atoms. The van der Waals surface area contributed by atoms with Gasteiger partial charge in [0.25, 0.3) is 0 Å². The molecule has 0 bridgehead atoms. The van der Waals surface area contributed by atoms with Crippen LogP contribution >= 0.6 is 0 Å². The standard InChI is InChI=1S/C26H33N5O2/c1-25(2)9-8-18-21(12-25)28-29-24(18)20-10-16-6-7-17(11-19(16)27-20)30(5)23(33)14-31-15-26(3,4)13-22(31)32/h6-7,10-11,27H,8-9,12-15H2,1-5H3,(H,28,29). The Balaban J connectivity index is 1.36. The number of hydrogen-bond donors (Lipinski definition) is 2. The monoisotopic (exact) mass is 447 g/mol. The van der Waals surface area contributed by atoms with Crippen LogP contribution < -0.4 is 4.90 Å². The predicted molar refractivity (Wildman–Crippen MR) is 130 cm³/mol. The van der Waals surface area contributed by atoms with Gasteiger partial charge in [0.15, 0.2) is 0 Å². The van der Waals surface area contributed by atoms with Crippen molar-refractivity contribution in [2.75, 3.05) is 25.0 Å². The fourth-order valence-corrected chi connectivity index (χ4v) is 5.26. The Labute approximate surface area is 194 Å². The van der Waals surface area contributed by atoms with Gasteiger partial charge in [0.1, 0.15) is 12.2 Å². The topological polar surface area (TPSA) is 85.1 Å². The van der Waals surface area contributed by atoms with E-state index in [-0.39, 0.29) is 23.8 Å². The number of rotatable bonds is 4. The van der Waals surface area contributed by atoms with Crippen molar-refractivity contribution in [2.45, 2.75) is 53.4 Å². The molecule has 7 heteroatoms. The second-order valence-corrected chi connectivity index (χ2v) is 11.4. The molecule has 2 aromatic heterocycles. The van der Waals surface area contributed by atoms with Crippen LogP contribution in [0.4, 0.5) is 5.69 Å². The van der Waals surface area contributed by atoms with Gasteiger partial charge in [-0.05, 0) is 48.3 Å². The lowest BCUT2D eigenvalue weighted by molar-refractivity contribution is -0.132. The first-order valence-corrected chi connectivity index (χ1v) is 11.7. The Bertz CT molecular complexity index is 1250. The van der Waals surface area contributed by atoms with Gasteiger partial charge in [-0.3, -0.25) is 14.7 Å². The minimum Gasteiger partial charge on any atom is -0.353 e. The fraction of sp³-hybridized carbons (Fsp3) is 0.500. The van der Waals surface area contributed by atoms with Crippen LogP contribution in [0.1, 0.15) is 51.8 Å². The molecule has 3 heterocycles. The van der Waals surface area contributed by atoms with Crippen molar-refractivity contribution in [1.82, 2.24) is 20.1 Å². The molecule has 1 aliphatic heterocycles. The van der Waals surface area contributed by atoms with Crippen LogP contribution in [-0.4, -0.2) is 52.0 Å². The van der Waals surface area contributed by atoms with E-state index in [0.717, 1.165) is 47.2 Å². The summed E-state index contributed by atoms with van der Waals surface area (Å²) in [4.78, 5) is 32.0. The molecule has 3 aromatic rings. The normalized spacial score (nSPS) is 19.2. The molecule has 1 saturated heterocycles. The zero-order valence-electron chi connectivity index (χ0n) is 20.2. The number of aromatic nitrogens is 3. The minimum absolute atomic E-state index is 0.0527. The number of nitrogens with zero attached hydrogens (tertiary/aromatic N) is 3. The number of amides is 2. The smallest absolute Gasteiger partial charge is 0.246 e. The molecule has 2 amide bonds. The van der Waals surface area contributed by atoms with E-state index in [1.165, 1.54) is 11.3 Å². The number of carbonyl (C=O) groups excluding carboxylic acids is 2. The van der Waals surface area contributed by atoms with Crippen LogP contribution in [0.15, 0.2) is 24.3 Å². The maximum atomic E-state index is 12.9. The second-order valence-electron chi connectivity index (χ2n) is 11.4. The second kappa shape index (κ2) is 7.47. The Morgan fingerprint density at radius 3 is 2.67 bits per heavy atom. The summed E-state index contributed by atoms with van der Waals surface area (Å²) in [6.45, 7) is 9.47. The average molecular weight is 448 g/mol. The molecule has 1 aromatic carbocycles. The number of aromatic amines is 2. The third-order valence-corrected chi connectivity index (χ3v) is 7.21. The van der Waals surface area contributed by atoms with E-state index in [4.69, 9.17) is 0 Å². The van der Waals surface area contributed by atoms with Crippen LogP contribution in [-0.2, 0) is 22.4 Å². The van der Waals surface area contributed by atoms with Crippen molar-refractivity contribution < 1.29 is 9.59 Å². The van der Waals surface area contributed by atoms with Crippen molar-refractivity contribution in [3.05, 3.63) is 35.5 Å². The molecule has 33 heavy (non-hydrogen) atoms. The van der Waals surface area contributed by atoms with Gasteiger partial charge in [0.05, 0.1) is 5.69 Å². The first kappa shape index (κ1) is 21.7.